The van der Waals surface area contributed by atoms with Gasteiger partial charge < -0.3 is 15.0 Å². The van der Waals surface area contributed by atoms with Crippen molar-refractivity contribution < 1.29 is 9.53 Å². The van der Waals surface area contributed by atoms with Crippen molar-refractivity contribution in [3.63, 3.8) is 0 Å². The average molecular weight is 263 g/mol. The molecule has 1 aliphatic heterocycles. The van der Waals surface area contributed by atoms with E-state index in [2.05, 4.69) is 10.2 Å². The Morgan fingerprint density at radius 1 is 1.32 bits per heavy atom. The predicted octanol–water partition coefficient (Wildman–Crippen LogP) is 0.562. The lowest BCUT2D eigenvalue weighted by Crippen LogP contribution is -2.58. The number of hydrogen-bond acceptors (Lipinski definition) is 4. The van der Waals surface area contributed by atoms with Gasteiger partial charge in [-0.2, -0.15) is 0 Å². The molecule has 0 spiro atoms. The number of nitrogens with one attached hydrogen (secondary N) is 1. The zero-order valence-electron chi connectivity index (χ0n) is 11.7. The van der Waals surface area contributed by atoms with Crippen LogP contribution >= 0.6 is 0 Å². The van der Waals surface area contributed by atoms with E-state index in [0.717, 1.165) is 24.5 Å². The zero-order chi connectivity index (χ0) is 13.8. The summed E-state index contributed by atoms with van der Waals surface area (Å²) in [6.07, 6.45) is 0. The third kappa shape index (κ3) is 2.88. The molecule has 1 N–H and O–H groups in total. The molecule has 0 saturated carbocycles. The molecule has 1 unspecified atom stereocenters. The number of nitrogens with zero attached hydrogens (tertiary/aromatic N) is 2. The van der Waals surface area contributed by atoms with Crippen LogP contribution in [0.5, 0.6) is 5.75 Å². The Labute approximate surface area is 114 Å². The van der Waals surface area contributed by atoms with Crippen LogP contribution < -0.4 is 15.0 Å². The third-order valence-corrected chi connectivity index (χ3v) is 3.54. The summed E-state index contributed by atoms with van der Waals surface area (Å²) < 4.78 is 5.14. The Kier molecular flexibility index (Phi) is 4.39. The van der Waals surface area contributed by atoms with Crippen LogP contribution in [-0.2, 0) is 4.79 Å². The number of carbonyl (C=O) groups is 1. The third-order valence-electron chi connectivity index (χ3n) is 3.54. The topological polar surface area (TPSA) is 44.8 Å². The van der Waals surface area contributed by atoms with Gasteiger partial charge in [0.05, 0.1) is 7.11 Å². The molecule has 5 nitrogen and oxygen atoms in total. The number of methoxy groups -OCH3 is 1. The maximum atomic E-state index is 12.5. The monoisotopic (exact) mass is 263 g/mol. The summed E-state index contributed by atoms with van der Waals surface area (Å²) >= 11 is 0. The number of ether oxygens (including phenoxy) is 1. The Morgan fingerprint density at radius 2 is 2.00 bits per heavy atom. The van der Waals surface area contributed by atoms with Crippen LogP contribution in [0.15, 0.2) is 24.3 Å². The quantitative estimate of drug-likeness (QED) is 0.862. The first-order valence-corrected chi connectivity index (χ1v) is 6.47. The van der Waals surface area contributed by atoms with Gasteiger partial charge >= 0.3 is 0 Å². The Bertz CT molecular complexity index is 433. The molecule has 0 radical (unpaired) electrons. The van der Waals surface area contributed by atoms with Gasteiger partial charge in [0.2, 0.25) is 5.91 Å². The molecule has 1 heterocycles. The second kappa shape index (κ2) is 6.04. The van der Waals surface area contributed by atoms with Crippen molar-refractivity contribution in [2.45, 2.75) is 6.04 Å². The molecule has 1 atom stereocenters. The van der Waals surface area contributed by atoms with E-state index in [9.17, 15) is 4.79 Å². The molecular weight excluding hydrogens is 242 g/mol. The summed E-state index contributed by atoms with van der Waals surface area (Å²) in [6, 6.07) is 7.53. The highest BCUT2D eigenvalue weighted by Gasteiger charge is 2.32. The van der Waals surface area contributed by atoms with Crippen molar-refractivity contribution in [2.75, 3.05) is 45.7 Å². The van der Waals surface area contributed by atoms with Crippen LogP contribution in [0.25, 0.3) is 0 Å². The van der Waals surface area contributed by atoms with Crippen molar-refractivity contribution >= 4 is 11.6 Å². The molecule has 19 heavy (non-hydrogen) atoms. The van der Waals surface area contributed by atoms with Crippen molar-refractivity contribution in [2.24, 2.45) is 0 Å². The lowest BCUT2D eigenvalue weighted by atomic mass is 10.1. The minimum Gasteiger partial charge on any atom is -0.497 e. The highest BCUT2D eigenvalue weighted by Crippen LogP contribution is 2.22. The number of piperazine rings is 1. The number of likely N-dealkylation sites (N-methyl/N-ethyl adjacent to an activating group) is 2. The van der Waals surface area contributed by atoms with E-state index in [0.29, 0.717) is 6.54 Å². The van der Waals surface area contributed by atoms with Gasteiger partial charge in [-0.15, -0.1) is 0 Å². The molecule has 1 amide bonds. The highest BCUT2D eigenvalue weighted by molar-refractivity contribution is 5.98. The molecule has 0 aromatic heterocycles. The molecule has 1 aliphatic rings. The first kappa shape index (κ1) is 13.8. The summed E-state index contributed by atoms with van der Waals surface area (Å²) in [6.45, 7) is 2.27. The van der Waals surface area contributed by atoms with E-state index in [1.807, 2.05) is 43.3 Å². The van der Waals surface area contributed by atoms with E-state index in [1.54, 1.807) is 7.11 Å². The number of anilines is 1. The molecule has 1 aromatic carbocycles. The van der Waals surface area contributed by atoms with Gasteiger partial charge in [0.25, 0.3) is 0 Å². The molecule has 1 fully saturated rings. The van der Waals surface area contributed by atoms with Crippen molar-refractivity contribution in [3.05, 3.63) is 24.3 Å². The zero-order valence-corrected chi connectivity index (χ0v) is 11.7. The second-order valence-electron chi connectivity index (χ2n) is 4.74. The highest BCUT2D eigenvalue weighted by atomic mass is 16.5. The van der Waals surface area contributed by atoms with Crippen molar-refractivity contribution in [1.82, 2.24) is 10.2 Å². The number of rotatable bonds is 4. The Morgan fingerprint density at radius 3 is 2.58 bits per heavy atom. The standard InChI is InChI=1S/C14H21N3O2/c1-15-10-13-14(18)17(9-8-16(13)2)11-4-6-12(19-3)7-5-11/h4-7,13,15H,8-10H2,1-3H3. The first-order valence-electron chi connectivity index (χ1n) is 6.47. The molecule has 0 bridgehead atoms. The number of carbonyl (C=O) groups excluding carboxylic acids is 1. The van der Waals surface area contributed by atoms with Gasteiger partial charge in [-0.05, 0) is 38.4 Å². The molecule has 5 heteroatoms. The largest absolute Gasteiger partial charge is 0.497 e. The van der Waals surface area contributed by atoms with E-state index < -0.39 is 0 Å². The van der Waals surface area contributed by atoms with Gasteiger partial charge in [-0.25, -0.2) is 0 Å². The number of amides is 1. The van der Waals surface area contributed by atoms with E-state index in [-0.39, 0.29) is 11.9 Å². The van der Waals surface area contributed by atoms with Gasteiger partial charge in [-0.1, -0.05) is 0 Å². The molecule has 0 aliphatic carbocycles. The summed E-state index contributed by atoms with van der Waals surface area (Å²) in [5.41, 5.74) is 0.931. The van der Waals surface area contributed by atoms with Gasteiger partial charge in [0.15, 0.2) is 0 Å². The Balaban J connectivity index is 2.17. The average Bonchev–Trinajstić information content (AvgIpc) is 2.44. The molecule has 104 valence electrons. The van der Waals surface area contributed by atoms with Crippen LogP contribution in [0.4, 0.5) is 5.69 Å². The summed E-state index contributed by atoms with van der Waals surface area (Å²) in [7, 11) is 5.50. The van der Waals surface area contributed by atoms with Gasteiger partial charge in [-0.3, -0.25) is 9.69 Å². The van der Waals surface area contributed by atoms with Crippen molar-refractivity contribution in [1.29, 1.82) is 0 Å². The second-order valence-corrected chi connectivity index (χ2v) is 4.74. The molecule has 2 rings (SSSR count). The number of hydrogen-bond donors (Lipinski definition) is 1. The lowest BCUT2D eigenvalue weighted by Gasteiger charge is -2.38. The minimum absolute atomic E-state index is 0.0964. The fourth-order valence-electron chi connectivity index (χ4n) is 2.35. The summed E-state index contributed by atoms with van der Waals surface area (Å²) in [4.78, 5) is 16.4. The van der Waals surface area contributed by atoms with Crippen molar-refractivity contribution in [3.8, 4) is 5.75 Å². The smallest absolute Gasteiger partial charge is 0.245 e. The first-order chi connectivity index (χ1) is 9.17. The normalized spacial score (nSPS) is 20.7. The Hall–Kier alpha value is -1.59. The molecular formula is C14H21N3O2. The van der Waals surface area contributed by atoms with Gasteiger partial charge in [0.1, 0.15) is 11.8 Å². The SMILES string of the molecule is CNCC1C(=O)N(c2ccc(OC)cc2)CCN1C. The van der Waals surface area contributed by atoms with Gasteiger partial charge in [0, 0.05) is 25.3 Å². The van der Waals surface area contributed by atoms with E-state index in [4.69, 9.17) is 4.74 Å². The van der Waals surface area contributed by atoms with E-state index in [1.165, 1.54) is 0 Å². The fraction of sp³-hybridized carbons (Fsp3) is 0.500. The molecule has 1 aromatic rings. The predicted molar refractivity (Wildman–Crippen MR) is 75.7 cm³/mol. The van der Waals surface area contributed by atoms with Crippen LogP contribution in [0.2, 0.25) is 0 Å². The maximum absolute atomic E-state index is 12.5. The maximum Gasteiger partial charge on any atom is 0.245 e. The van der Waals surface area contributed by atoms with E-state index >= 15 is 0 Å². The summed E-state index contributed by atoms with van der Waals surface area (Å²) in [5.74, 6) is 0.949. The lowest BCUT2D eigenvalue weighted by molar-refractivity contribution is -0.125. The minimum atomic E-state index is -0.0964. The van der Waals surface area contributed by atoms with Crippen LogP contribution in [0, 0.1) is 0 Å². The molecule has 1 saturated heterocycles. The van der Waals surface area contributed by atoms with Crippen LogP contribution in [0.1, 0.15) is 0 Å². The fourth-order valence-corrected chi connectivity index (χ4v) is 2.35. The number of benzene rings is 1. The van der Waals surface area contributed by atoms with Crippen LogP contribution in [-0.4, -0.2) is 57.7 Å². The summed E-state index contributed by atoms with van der Waals surface area (Å²) in [5, 5.41) is 3.08. The van der Waals surface area contributed by atoms with Crippen LogP contribution in [0.3, 0.4) is 0 Å².